The van der Waals surface area contributed by atoms with Crippen molar-refractivity contribution in [1.29, 1.82) is 0 Å². The number of hydrogen-bond donors (Lipinski definition) is 3. The summed E-state index contributed by atoms with van der Waals surface area (Å²) in [5, 5.41) is 4.65. The SMILES string of the molecule is CC/C=C\c1cc(CN(N)c2nc(-c3ccc(C(=O)NCC)c(Cl)c3)ccc2N)ccc1C. The summed E-state index contributed by atoms with van der Waals surface area (Å²) in [5.41, 5.74) is 12.0. The summed E-state index contributed by atoms with van der Waals surface area (Å²) in [5.74, 6) is 6.65. The van der Waals surface area contributed by atoms with E-state index < -0.39 is 0 Å². The van der Waals surface area contributed by atoms with Crippen LogP contribution in [0.1, 0.15) is 47.3 Å². The number of carbonyl (C=O) groups excluding carboxylic acids is 1. The third kappa shape index (κ3) is 5.92. The summed E-state index contributed by atoms with van der Waals surface area (Å²) < 4.78 is 0. The maximum absolute atomic E-state index is 12.1. The quantitative estimate of drug-likeness (QED) is 0.309. The molecule has 0 bridgehead atoms. The molecule has 3 aromatic rings. The number of nitrogens with zero attached hydrogens (tertiary/aromatic N) is 2. The Kier molecular flexibility index (Phi) is 8.09. The second kappa shape index (κ2) is 11.0. The molecule has 3 rings (SSSR count). The fraction of sp³-hybridized carbons (Fsp3) is 0.231. The van der Waals surface area contributed by atoms with E-state index in [1.54, 1.807) is 23.2 Å². The van der Waals surface area contributed by atoms with E-state index in [0.29, 0.717) is 40.9 Å². The lowest BCUT2D eigenvalue weighted by atomic mass is 10.0. The number of aromatic nitrogens is 1. The van der Waals surface area contributed by atoms with E-state index in [1.165, 1.54) is 11.1 Å². The number of rotatable bonds is 8. The number of aryl methyl sites for hydroxylation is 1. The van der Waals surface area contributed by atoms with Crippen LogP contribution in [-0.2, 0) is 6.54 Å². The average molecular weight is 464 g/mol. The van der Waals surface area contributed by atoms with Gasteiger partial charge in [0.1, 0.15) is 0 Å². The highest BCUT2D eigenvalue weighted by molar-refractivity contribution is 6.34. The van der Waals surface area contributed by atoms with Crippen LogP contribution in [0.4, 0.5) is 11.5 Å². The van der Waals surface area contributed by atoms with Crippen LogP contribution in [0.2, 0.25) is 5.02 Å². The van der Waals surface area contributed by atoms with E-state index in [4.69, 9.17) is 23.2 Å². The largest absolute Gasteiger partial charge is 0.396 e. The first kappa shape index (κ1) is 24.3. The number of nitrogen functional groups attached to an aromatic ring is 1. The normalized spacial score (nSPS) is 11.1. The van der Waals surface area contributed by atoms with Crippen molar-refractivity contribution in [2.45, 2.75) is 33.7 Å². The molecule has 1 aromatic heterocycles. The zero-order valence-electron chi connectivity index (χ0n) is 19.2. The topological polar surface area (TPSA) is 97.3 Å². The van der Waals surface area contributed by atoms with E-state index >= 15 is 0 Å². The predicted octanol–water partition coefficient (Wildman–Crippen LogP) is 5.35. The van der Waals surface area contributed by atoms with Crippen LogP contribution in [-0.4, -0.2) is 17.4 Å². The molecule has 0 aliphatic rings. The molecule has 2 aromatic carbocycles. The van der Waals surface area contributed by atoms with Gasteiger partial charge in [0.2, 0.25) is 0 Å². The second-order valence-corrected chi connectivity index (χ2v) is 8.20. The van der Waals surface area contributed by atoms with Gasteiger partial charge in [0.15, 0.2) is 5.82 Å². The van der Waals surface area contributed by atoms with Crippen LogP contribution in [0, 0.1) is 6.92 Å². The molecule has 5 N–H and O–H groups in total. The van der Waals surface area contributed by atoms with Gasteiger partial charge in [0, 0.05) is 12.1 Å². The minimum absolute atomic E-state index is 0.209. The fourth-order valence-electron chi connectivity index (χ4n) is 3.45. The molecule has 0 spiro atoms. The molecule has 33 heavy (non-hydrogen) atoms. The van der Waals surface area contributed by atoms with Crippen molar-refractivity contribution in [3.8, 4) is 11.3 Å². The summed E-state index contributed by atoms with van der Waals surface area (Å²) in [6.07, 6.45) is 5.24. The first-order valence-corrected chi connectivity index (χ1v) is 11.3. The van der Waals surface area contributed by atoms with Crippen molar-refractivity contribution < 1.29 is 4.79 Å². The van der Waals surface area contributed by atoms with Crippen LogP contribution in [0.5, 0.6) is 0 Å². The molecule has 6 nitrogen and oxygen atoms in total. The number of hydrazine groups is 1. The molecule has 0 unspecified atom stereocenters. The minimum Gasteiger partial charge on any atom is -0.396 e. The van der Waals surface area contributed by atoms with Gasteiger partial charge in [0.05, 0.1) is 28.5 Å². The summed E-state index contributed by atoms with van der Waals surface area (Å²) in [6.45, 7) is 7.04. The van der Waals surface area contributed by atoms with Crippen molar-refractivity contribution in [2.75, 3.05) is 17.3 Å². The first-order chi connectivity index (χ1) is 15.8. The Hall–Kier alpha value is -3.35. The lowest BCUT2D eigenvalue weighted by Gasteiger charge is -2.21. The molecule has 0 radical (unpaired) electrons. The number of carbonyl (C=O) groups is 1. The van der Waals surface area contributed by atoms with Crippen molar-refractivity contribution >= 4 is 35.1 Å². The molecule has 0 fully saturated rings. The Morgan fingerprint density at radius 3 is 2.64 bits per heavy atom. The van der Waals surface area contributed by atoms with Crippen molar-refractivity contribution in [1.82, 2.24) is 10.3 Å². The molecule has 0 saturated heterocycles. The van der Waals surface area contributed by atoms with Crippen molar-refractivity contribution in [2.24, 2.45) is 5.84 Å². The molecule has 1 heterocycles. The van der Waals surface area contributed by atoms with Gasteiger partial charge in [0.25, 0.3) is 5.91 Å². The number of anilines is 2. The third-order valence-corrected chi connectivity index (χ3v) is 5.57. The van der Waals surface area contributed by atoms with E-state index in [-0.39, 0.29) is 5.91 Å². The zero-order chi connectivity index (χ0) is 24.0. The highest BCUT2D eigenvalue weighted by Crippen LogP contribution is 2.29. The lowest BCUT2D eigenvalue weighted by Crippen LogP contribution is -2.31. The Morgan fingerprint density at radius 2 is 1.94 bits per heavy atom. The van der Waals surface area contributed by atoms with Gasteiger partial charge < -0.3 is 11.1 Å². The summed E-state index contributed by atoms with van der Waals surface area (Å²) >= 11 is 6.36. The Balaban J connectivity index is 1.87. The highest BCUT2D eigenvalue weighted by atomic mass is 35.5. The van der Waals surface area contributed by atoms with Crippen molar-refractivity contribution in [3.05, 3.63) is 81.9 Å². The molecular weight excluding hydrogens is 434 g/mol. The van der Waals surface area contributed by atoms with Gasteiger partial charge in [-0.25, -0.2) is 10.8 Å². The average Bonchev–Trinajstić information content (AvgIpc) is 2.79. The maximum atomic E-state index is 12.1. The lowest BCUT2D eigenvalue weighted by molar-refractivity contribution is 0.0956. The van der Waals surface area contributed by atoms with Gasteiger partial charge in [-0.15, -0.1) is 0 Å². The molecule has 7 heteroatoms. The van der Waals surface area contributed by atoms with Gasteiger partial charge >= 0.3 is 0 Å². The number of nitrogens with two attached hydrogens (primary N) is 2. The van der Waals surface area contributed by atoms with Gasteiger partial charge in [-0.05, 0) is 67.3 Å². The monoisotopic (exact) mass is 463 g/mol. The molecule has 172 valence electrons. The zero-order valence-corrected chi connectivity index (χ0v) is 20.0. The van der Waals surface area contributed by atoms with E-state index in [2.05, 4.69) is 54.5 Å². The second-order valence-electron chi connectivity index (χ2n) is 7.79. The predicted molar refractivity (Wildman–Crippen MR) is 138 cm³/mol. The van der Waals surface area contributed by atoms with E-state index in [1.807, 2.05) is 19.1 Å². The molecule has 1 amide bonds. The standard InChI is InChI=1S/C26H30ClN5O/c1-4-6-7-19-14-18(9-8-17(19)3)16-32(29)25-23(28)12-13-24(31-25)20-10-11-21(22(27)15-20)26(33)30-5-2/h6-15H,4-5,16,28-29H2,1-3H3,(H,30,33)/b7-6-. The Bertz CT molecular complexity index is 1180. The number of hydrogen-bond acceptors (Lipinski definition) is 5. The molecule has 0 saturated carbocycles. The molecule has 0 aliphatic carbocycles. The number of nitrogens with one attached hydrogen (secondary N) is 1. The van der Waals surface area contributed by atoms with E-state index in [0.717, 1.165) is 17.5 Å². The fourth-order valence-corrected chi connectivity index (χ4v) is 3.71. The Labute approximate surface area is 200 Å². The molecule has 0 aliphatic heterocycles. The Morgan fingerprint density at radius 1 is 1.15 bits per heavy atom. The molecular formula is C26H30ClN5O. The number of allylic oxidation sites excluding steroid dienone is 1. The van der Waals surface area contributed by atoms with Gasteiger partial charge in [-0.1, -0.05) is 48.9 Å². The van der Waals surface area contributed by atoms with E-state index in [9.17, 15) is 4.79 Å². The van der Waals surface area contributed by atoms with Crippen LogP contribution in [0.3, 0.4) is 0 Å². The number of halogens is 1. The number of amides is 1. The van der Waals surface area contributed by atoms with Crippen molar-refractivity contribution in [3.63, 3.8) is 0 Å². The van der Waals surface area contributed by atoms with Crippen LogP contribution >= 0.6 is 11.6 Å². The molecule has 0 atom stereocenters. The highest BCUT2D eigenvalue weighted by Gasteiger charge is 2.14. The number of pyridine rings is 1. The van der Waals surface area contributed by atoms with Crippen LogP contribution < -0.4 is 21.9 Å². The summed E-state index contributed by atoms with van der Waals surface area (Å²) in [4.78, 5) is 16.8. The van der Waals surface area contributed by atoms with Crippen LogP contribution in [0.25, 0.3) is 17.3 Å². The maximum Gasteiger partial charge on any atom is 0.252 e. The third-order valence-electron chi connectivity index (χ3n) is 5.25. The van der Waals surface area contributed by atoms with Gasteiger partial charge in [-0.3, -0.25) is 9.80 Å². The summed E-state index contributed by atoms with van der Waals surface area (Å²) in [6, 6.07) is 15.1. The minimum atomic E-state index is -0.209. The summed E-state index contributed by atoms with van der Waals surface area (Å²) in [7, 11) is 0. The smallest absolute Gasteiger partial charge is 0.252 e. The number of benzene rings is 2. The van der Waals surface area contributed by atoms with Gasteiger partial charge in [-0.2, -0.15) is 0 Å². The first-order valence-electron chi connectivity index (χ1n) is 11.0. The van der Waals surface area contributed by atoms with Crippen LogP contribution in [0.15, 0.2) is 54.6 Å².